The molecule has 0 amide bonds. The van der Waals surface area contributed by atoms with Crippen LogP contribution in [0.15, 0.2) is 18.2 Å². The molecular weight excluding hydrogens is 200 g/mol. The number of aryl methyl sites for hydroxylation is 1. The quantitative estimate of drug-likeness (QED) is 0.843. The van der Waals surface area contributed by atoms with Gasteiger partial charge in [-0.15, -0.1) is 0 Å². The lowest BCUT2D eigenvalue weighted by atomic mass is 10.1. The van der Waals surface area contributed by atoms with Gasteiger partial charge in [-0.3, -0.25) is 0 Å². The maximum Gasteiger partial charge on any atom is 0.0994 e. The highest BCUT2D eigenvalue weighted by Gasteiger charge is 2.14. The first kappa shape index (κ1) is 11.0. The highest BCUT2D eigenvalue weighted by molar-refractivity contribution is 5.51. The van der Waals surface area contributed by atoms with E-state index in [1.165, 1.54) is 0 Å². The van der Waals surface area contributed by atoms with Crippen molar-refractivity contribution in [1.82, 2.24) is 0 Å². The minimum atomic E-state index is 0.621. The second kappa shape index (κ2) is 5.00. The Kier molecular flexibility index (Phi) is 3.43. The summed E-state index contributed by atoms with van der Waals surface area (Å²) in [4.78, 5) is 0. The molecule has 1 aromatic rings. The molecule has 1 aliphatic heterocycles. The van der Waals surface area contributed by atoms with E-state index in [2.05, 4.69) is 11.4 Å². The first-order chi connectivity index (χ1) is 7.79. The number of rotatable bonds is 3. The summed E-state index contributed by atoms with van der Waals surface area (Å²) in [6.07, 6.45) is 1.14. The molecule has 0 aliphatic carbocycles. The van der Waals surface area contributed by atoms with Crippen molar-refractivity contribution in [3.05, 3.63) is 29.3 Å². The van der Waals surface area contributed by atoms with Gasteiger partial charge < -0.3 is 10.1 Å². The van der Waals surface area contributed by atoms with Gasteiger partial charge in [0.1, 0.15) is 0 Å². The number of hydrogen-bond donors (Lipinski definition) is 1. The number of nitriles is 1. The zero-order valence-electron chi connectivity index (χ0n) is 9.49. The highest BCUT2D eigenvalue weighted by atomic mass is 16.5. The van der Waals surface area contributed by atoms with Gasteiger partial charge in [0.15, 0.2) is 0 Å². The van der Waals surface area contributed by atoms with Crippen LogP contribution in [0, 0.1) is 24.2 Å². The Balaban J connectivity index is 1.94. The Hall–Kier alpha value is -1.53. The van der Waals surface area contributed by atoms with E-state index >= 15 is 0 Å². The van der Waals surface area contributed by atoms with E-state index in [9.17, 15) is 0 Å². The van der Waals surface area contributed by atoms with Crippen LogP contribution in [0.3, 0.4) is 0 Å². The Morgan fingerprint density at radius 3 is 3.06 bits per heavy atom. The van der Waals surface area contributed by atoms with Crippen LogP contribution >= 0.6 is 0 Å². The standard InChI is InChI=1S/C13H16N2O/c1-10-6-13(3-2-12(10)7-14)15-8-11-4-5-16-9-11/h2-3,6,11,15H,4-5,8-9H2,1H3. The molecule has 1 saturated heterocycles. The topological polar surface area (TPSA) is 45.0 Å². The molecule has 1 heterocycles. The van der Waals surface area contributed by atoms with Crippen molar-refractivity contribution < 1.29 is 4.74 Å². The second-order valence-electron chi connectivity index (χ2n) is 4.25. The van der Waals surface area contributed by atoms with E-state index in [0.29, 0.717) is 5.92 Å². The first-order valence-corrected chi connectivity index (χ1v) is 5.62. The summed E-state index contributed by atoms with van der Waals surface area (Å²) in [7, 11) is 0. The van der Waals surface area contributed by atoms with Gasteiger partial charge in [0.2, 0.25) is 0 Å². The molecule has 84 valence electrons. The second-order valence-corrected chi connectivity index (χ2v) is 4.25. The molecule has 1 unspecified atom stereocenters. The molecule has 2 rings (SSSR count). The first-order valence-electron chi connectivity index (χ1n) is 5.62. The maximum atomic E-state index is 8.82. The van der Waals surface area contributed by atoms with Crippen molar-refractivity contribution in [2.75, 3.05) is 25.1 Å². The molecule has 0 spiro atoms. The Labute approximate surface area is 96.0 Å². The van der Waals surface area contributed by atoms with Crippen molar-refractivity contribution in [2.24, 2.45) is 5.92 Å². The zero-order valence-corrected chi connectivity index (χ0v) is 9.49. The van der Waals surface area contributed by atoms with Gasteiger partial charge in [0, 0.05) is 24.8 Å². The predicted octanol–water partition coefficient (Wildman–Crippen LogP) is 2.32. The van der Waals surface area contributed by atoms with Crippen molar-refractivity contribution in [1.29, 1.82) is 5.26 Å². The maximum absolute atomic E-state index is 8.82. The summed E-state index contributed by atoms with van der Waals surface area (Å²) in [5, 5.41) is 12.2. The van der Waals surface area contributed by atoms with E-state index < -0.39 is 0 Å². The van der Waals surface area contributed by atoms with Gasteiger partial charge in [-0.05, 0) is 37.1 Å². The Bertz CT molecular complexity index is 403. The number of benzene rings is 1. The number of nitrogens with zero attached hydrogens (tertiary/aromatic N) is 1. The van der Waals surface area contributed by atoms with Crippen molar-refractivity contribution in [3.63, 3.8) is 0 Å². The minimum absolute atomic E-state index is 0.621. The van der Waals surface area contributed by atoms with Crippen LogP contribution in [0.4, 0.5) is 5.69 Å². The SMILES string of the molecule is Cc1cc(NCC2CCOC2)ccc1C#N. The van der Waals surface area contributed by atoms with E-state index in [4.69, 9.17) is 10.00 Å². The van der Waals surface area contributed by atoms with Crippen LogP contribution in [0.2, 0.25) is 0 Å². The molecule has 0 radical (unpaired) electrons. The van der Waals surface area contributed by atoms with Crippen LogP contribution in [0.25, 0.3) is 0 Å². The smallest absolute Gasteiger partial charge is 0.0994 e. The lowest BCUT2D eigenvalue weighted by molar-refractivity contribution is 0.187. The average molecular weight is 216 g/mol. The molecule has 1 fully saturated rings. The van der Waals surface area contributed by atoms with Gasteiger partial charge in [0.05, 0.1) is 18.2 Å². The summed E-state index contributed by atoms with van der Waals surface area (Å²) in [5.74, 6) is 0.621. The number of ether oxygens (including phenoxy) is 1. The lowest BCUT2D eigenvalue weighted by Crippen LogP contribution is -2.14. The minimum Gasteiger partial charge on any atom is -0.385 e. The highest BCUT2D eigenvalue weighted by Crippen LogP contribution is 2.17. The van der Waals surface area contributed by atoms with Crippen LogP contribution in [-0.4, -0.2) is 19.8 Å². The molecule has 0 bridgehead atoms. The largest absolute Gasteiger partial charge is 0.385 e. The Morgan fingerprint density at radius 1 is 1.56 bits per heavy atom. The van der Waals surface area contributed by atoms with Crippen LogP contribution in [0.1, 0.15) is 17.5 Å². The van der Waals surface area contributed by atoms with Gasteiger partial charge in [-0.2, -0.15) is 5.26 Å². The van der Waals surface area contributed by atoms with Gasteiger partial charge in [-0.1, -0.05) is 0 Å². The van der Waals surface area contributed by atoms with Crippen molar-refractivity contribution >= 4 is 5.69 Å². The van der Waals surface area contributed by atoms with E-state index in [1.54, 1.807) is 0 Å². The van der Waals surface area contributed by atoms with E-state index in [0.717, 1.165) is 43.0 Å². The summed E-state index contributed by atoms with van der Waals surface area (Å²) < 4.78 is 5.32. The van der Waals surface area contributed by atoms with Gasteiger partial charge in [-0.25, -0.2) is 0 Å². The molecule has 1 aromatic carbocycles. The van der Waals surface area contributed by atoms with Crippen LogP contribution in [0.5, 0.6) is 0 Å². The third-order valence-electron chi connectivity index (χ3n) is 2.97. The fraction of sp³-hybridized carbons (Fsp3) is 0.462. The molecule has 0 saturated carbocycles. The van der Waals surface area contributed by atoms with E-state index in [1.807, 2.05) is 25.1 Å². The monoisotopic (exact) mass is 216 g/mol. The van der Waals surface area contributed by atoms with Crippen molar-refractivity contribution in [2.45, 2.75) is 13.3 Å². The molecule has 3 heteroatoms. The molecule has 16 heavy (non-hydrogen) atoms. The number of nitrogens with one attached hydrogen (secondary N) is 1. The summed E-state index contributed by atoms with van der Waals surface area (Å²) in [6.45, 7) is 4.66. The molecule has 1 N–H and O–H groups in total. The third-order valence-corrected chi connectivity index (χ3v) is 2.97. The molecule has 1 atom stereocenters. The fourth-order valence-electron chi connectivity index (χ4n) is 1.91. The summed E-state index contributed by atoms with van der Waals surface area (Å²) in [5.41, 5.74) is 2.85. The molecule has 0 aromatic heterocycles. The predicted molar refractivity (Wildman–Crippen MR) is 63.3 cm³/mol. The normalized spacial score (nSPS) is 19.4. The average Bonchev–Trinajstić information content (AvgIpc) is 2.79. The van der Waals surface area contributed by atoms with Crippen LogP contribution in [-0.2, 0) is 4.74 Å². The number of hydrogen-bond acceptors (Lipinski definition) is 3. The zero-order chi connectivity index (χ0) is 11.4. The lowest BCUT2D eigenvalue weighted by Gasteiger charge is -2.11. The molecule has 1 aliphatic rings. The number of anilines is 1. The fourth-order valence-corrected chi connectivity index (χ4v) is 1.91. The van der Waals surface area contributed by atoms with E-state index in [-0.39, 0.29) is 0 Å². The third kappa shape index (κ3) is 2.53. The van der Waals surface area contributed by atoms with Gasteiger partial charge in [0.25, 0.3) is 0 Å². The molecular formula is C13H16N2O. The Morgan fingerprint density at radius 2 is 2.44 bits per heavy atom. The van der Waals surface area contributed by atoms with Crippen molar-refractivity contribution in [3.8, 4) is 6.07 Å². The summed E-state index contributed by atoms with van der Waals surface area (Å²) >= 11 is 0. The van der Waals surface area contributed by atoms with Gasteiger partial charge >= 0.3 is 0 Å². The summed E-state index contributed by atoms with van der Waals surface area (Å²) in [6, 6.07) is 8.02. The van der Waals surface area contributed by atoms with Crippen LogP contribution < -0.4 is 5.32 Å². The molecule has 3 nitrogen and oxygen atoms in total.